The SMILES string of the molecule is c1ccc(-c2nc(-c3ccccc3)nc(-n3c4ccc(-c5nc(-c6ccccc6)c6c(n5)oc5ccccc56)cc4c4cc(-c5cccc6c5oc5ccccc56)ccc43)n2)cc1.c1ccc(-c2nc(-c3ccccc3)nc(-n3c4ccccc4c4cc(-c5nc(-c6cccc(-c7cccc8c7oc7ccccc78)c6)c6c(n5)oc5ccccc56)ccc43)n2)cc1. The lowest BCUT2D eigenvalue weighted by atomic mass is 9.98. The van der Waals surface area contributed by atoms with Crippen LogP contribution in [0.25, 0.3) is 257 Å². The molecule has 26 aromatic rings. The van der Waals surface area contributed by atoms with Gasteiger partial charge in [0.25, 0.3) is 0 Å². The van der Waals surface area contributed by atoms with E-state index in [1.807, 2.05) is 212 Å². The summed E-state index contributed by atoms with van der Waals surface area (Å²) in [5.74, 6) is 4.51. The van der Waals surface area contributed by atoms with Crippen molar-refractivity contribution in [2.24, 2.45) is 0 Å². The minimum absolute atomic E-state index is 0.508. The van der Waals surface area contributed by atoms with Crippen molar-refractivity contribution in [3.63, 3.8) is 0 Å². The van der Waals surface area contributed by atoms with Crippen LogP contribution in [0.4, 0.5) is 0 Å². The number of fused-ring (bicyclic) bond motifs is 18. The van der Waals surface area contributed by atoms with E-state index in [2.05, 4.69) is 185 Å². The molecular formula is C110H64N12O4. The van der Waals surface area contributed by atoms with Gasteiger partial charge >= 0.3 is 0 Å². The molecule has 588 valence electrons. The molecule has 16 heteroatoms. The maximum absolute atomic E-state index is 6.55. The third-order valence-electron chi connectivity index (χ3n) is 23.8. The second-order valence-corrected chi connectivity index (χ2v) is 31.3. The highest BCUT2D eigenvalue weighted by Gasteiger charge is 2.27. The number of furan rings is 4. The third-order valence-corrected chi connectivity index (χ3v) is 23.8. The molecule has 0 aliphatic heterocycles. The lowest BCUT2D eigenvalue weighted by molar-refractivity contribution is 0.653. The number of hydrogen-bond acceptors (Lipinski definition) is 14. The highest BCUT2D eigenvalue weighted by atomic mass is 16.3. The molecule has 10 aromatic heterocycles. The van der Waals surface area contributed by atoms with Gasteiger partial charge in [0, 0.05) is 109 Å². The first-order valence-electron chi connectivity index (χ1n) is 41.7. The Morgan fingerprint density at radius 3 is 0.921 bits per heavy atom. The molecule has 0 N–H and O–H groups in total. The molecule has 26 rings (SSSR count). The first-order chi connectivity index (χ1) is 62.4. The number of aromatic nitrogens is 12. The van der Waals surface area contributed by atoms with Crippen molar-refractivity contribution in [3.05, 3.63) is 388 Å². The van der Waals surface area contributed by atoms with Crippen molar-refractivity contribution in [2.45, 2.75) is 0 Å². The Kier molecular flexibility index (Phi) is 16.5. The second-order valence-electron chi connectivity index (χ2n) is 31.3. The molecular weight excluding hydrogens is 1550 g/mol. The number of rotatable bonds is 12. The number of nitrogens with zero attached hydrogens (tertiary/aromatic N) is 12. The molecule has 0 radical (unpaired) electrons. The fourth-order valence-electron chi connectivity index (χ4n) is 18.0. The summed E-state index contributed by atoms with van der Waals surface area (Å²) in [5.41, 5.74) is 22.7. The van der Waals surface area contributed by atoms with E-state index in [0.29, 0.717) is 58.3 Å². The van der Waals surface area contributed by atoms with Gasteiger partial charge in [-0.05, 0) is 96.1 Å². The standard InChI is InChI=1S/2C55H32N6O2/c1-4-15-33(16-5-1)49-48-41-22-11-13-26-47(41)63-54(48)58-53(56-49)37-28-30-45-43(32-37)42-31-36(38-23-14-24-40-39-21-10-12-25-46(39)62-50(38)40)27-29-44(42)61(45)55-59-51(34-17-6-2-7-18-34)57-52(60-55)35-19-8-3-9-20-35;1-3-15-33(16-4-1)51-57-52(34-17-5-2-6-18-34)60-55(59-51)61-44-26-10-7-21-39(44)43-32-37(29-30-45(43)61)53-56-49(48-42-23-9-12-28-47(42)63-54(48)58-53)36-20-13-19-35(31-36)38-24-14-25-41-40-22-8-11-27-46(40)62-50(38)41/h2*1-32H. The number of hydrogen-bond donors (Lipinski definition) is 0. The average molecular weight is 1620 g/mol. The summed E-state index contributed by atoms with van der Waals surface area (Å²) in [6, 6.07) is 132. The Bertz CT molecular complexity index is 8750. The van der Waals surface area contributed by atoms with E-state index >= 15 is 0 Å². The fourth-order valence-corrected chi connectivity index (χ4v) is 18.0. The van der Waals surface area contributed by atoms with Crippen LogP contribution in [-0.2, 0) is 0 Å². The topological polar surface area (TPSA) is 191 Å². The number of benzene rings is 16. The van der Waals surface area contributed by atoms with E-state index in [4.69, 9.17) is 67.5 Å². The van der Waals surface area contributed by atoms with Gasteiger partial charge in [-0.1, -0.05) is 303 Å². The van der Waals surface area contributed by atoms with Gasteiger partial charge in [0.1, 0.15) is 33.5 Å². The Morgan fingerprint density at radius 1 is 0.175 bits per heavy atom. The van der Waals surface area contributed by atoms with Crippen LogP contribution in [0.2, 0.25) is 0 Å². The van der Waals surface area contributed by atoms with Crippen LogP contribution in [0.1, 0.15) is 0 Å². The molecule has 0 aliphatic rings. The third kappa shape index (κ3) is 12.0. The van der Waals surface area contributed by atoms with E-state index in [0.717, 1.165) is 198 Å². The van der Waals surface area contributed by atoms with Gasteiger partial charge in [0.05, 0.1) is 44.2 Å². The zero-order valence-corrected chi connectivity index (χ0v) is 66.9. The van der Waals surface area contributed by atoms with Crippen LogP contribution in [0.15, 0.2) is 406 Å². The van der Waals surface area contributed by atoms with Gasteiger partial charge in [-0.3, -0.25) is 9.13 Å². The maximum Gasteiger partial charge on any atom is 0.238 e. The van der Waals surface area contributed by atoms with Crippen molar-refractivity contribution in [2.75, 3.05) is 0 Å². The molecule has 0 bridgehead atoms. The molecule has 10 heterocycles. The van der Waals surface area contributed by atoms with E-state index < -0.39 is 0 Å². The molecule has 126 heavy (non-hydrogen) atoms. The monoisotopic (exact) mass is 1620 g/mol. The summed E-state index contributed by atoms with van der Waals surface area (Å²) in [7, 11) is 0. The summed E-state index contributed by atoms with van der Waals surface area (Å²) in [6.07, 6.45) is 0. The normalized spacial score (nSPS) is 11.8. The van der Waals surface area contributed by atoms with Crippen LogP contribution in [0, 0.1) is 0 Å². The van der Waals surface area contributed by atoms with E-state index in [1.165, 1.54) is 0 Å². The maximum atomic E-state index is 6.55. The van der Waals surface area contributed by atoms with E-state index in [-0.39, 0.29) is 0 Å². The van der Waals surface area contributed by atoms with E-state index in [1.54, 1.807) is 0 Å². The molecule has 0 atom stereocenters. The highest BCUT2D eigenvalue weighted by molar-refractivity contribution is 6.17. The molecule has 0 unspecified atom stereocenters. The first kappa shape index (κ1) is 71.4. The van der Waals surface area contributed by atoms with Crippen LogP contribution < -0.4 is 0 Å². The quantitative estimate of drug-likeness (QED) is 0.112. The molecule has 0 aliphatic carbocycles. The molecule has 0 saturated heterocycles. The predicted octanol–water partition coefficient (Wildman–Crippen LogP) is 27.8. The lowest BCUT2D eigenvalue weighted by Crippen LogP contribution is -2.06. The fraction of sp³-hybridized carbons (Fsp3) is 0. The van der Waals surface area contributed by atoms with Crippen molar-refractivity contribution >= 4 is 132 Å². The predicted molar refractivity (Wildman–Crippen MR) is 503 cm³/mol. The minimum atomic E-state index is 0.508. The second kappa shape index (κ2) is 29.2. The molecule has 0 spiro atoms. The first-order valence-corrected chi connectivity index (χ1v) is 41.7. The van der Waals surface area contributed by atoms with Gasteiger partial charge in [-0.2, -0.15) is 29.9 Å². The summed E-state index contributed by atoms with van der Waals surface area (Å²) >= 11 is 0. The summed E-state index contributed by atoms with van der Waals surface area (Å²) in [4.78, 5) is 51.5. The largest absolute Gasteiger partial charge is 0.455 e. The average Bonchev–Trinajstić information content (AvgIpc) is 1.57. The van der Waals surface area contributed by atoms with Gasteiger partial charge in [-0.25, -0.2) is 19.9 Å². The van der Waals surface area contributed by atoms with E-state index in [9.17, 15) is 0 Å². The van der Waals surface area contributed by atoms with Gasteiger partial charge in [0.2, 0.25) is 23.3 Å². The molecule has 16 aromatic carbocycles. The zero-order chi connectivity index (χ0) is 82.9. The summed E-state index contributed by atoms with van der Waals surface area (Å²) < 4.78 is 30.2. The van der Waals surface area contributed by atoms with Crippen molar-refractivity contribution in [1.82, 2.24) is 59.0 Å². The van der Waals surface area contributed by atoms with Gasteiger partial charge in [-0.15, -0.1) is 0 Å². The Balaban J connectivity index is 0.000000137. The molecule has 0 amide bonds. The van der Waals surface area contributed by atoms with Crippen molar-refractivity contribution in [3.8, 4) is 125 Å². The van der Waals surface area contributed by atoms with Gasteiger partial charge < -0.3 is 17.7 Å². The van der Waals surface area contributed by atoms with Crippen molar-refractivity contribution in [1.29, 1.82) is 0 Å². The smallest absolute Gasteiger partial charge is 0.238 e. The Labute approximate surface area is 717 Å². The van der Waals surface area contributed by atoms with Crippen LogP contribution >= 0.6 is 0 Å². The number of para-hydroxylation sites is 7. The van der Waals surface area contributed by atoms with Crippen molar-refractivity contribution < 1.29 is 17.7 Å². The summed E-state index contributed by atoms with van der Waals surface area (Å²) in [5, 5.41) is 12.1. The molecule has 16 nitrogen and oxygen atoms in total. The Hall–Kier alpha value is -17.5. The lowest BCUT2D eigenvalue weighted by Gasteiger charge is -2.11. The zero-order valence-electron chi connectivity index (χ0n) is 66.9. The molecule has 0 saturated carbocycles. The van der Waals surface area contributed by atoms with Crippen LogP contribution in [-0.4, -0.2) is 59.0 Å². The van der Waals surface area contributed by atoms with Crippen LogP contribution in [0.5, 0.6) is 0 Å². The Morgan fingerprint density at radius 2 is 0.476 bits per heavy atom. The van der Waals surface area contributed by atoms with Crippen LogP contribution in [0.3, 0.4) is 0 Å². The minimum Gasteiger partial charge on any atom is -0.455 e. The summed E-state index contributed by atoms with van der Waals surface area (Å²) in [6.45, 7) is 0. The highest BCUT2D eigenvalue weighted by Crippen LogP contribution is 2.46. The van der Waals surface area contributed by atoms with Gasteiger partial charge in [0.15, 0.2) is 34.9 Å². The molecule has 0 fully saturated rings.